The molecule has 0 aliphatic carbocycles. The first-order valence-corrected chi connectivity index (χ1v) is 3.73. The van der Waals surface area contributed by atoms with Crippen molar-refractivity contribution < 1.29 is 5.11 Å². The van der Waals surface area contributed by atoms with E-state index < -0.39 is 0 Å². The van der Waals surface area contributed by atoms with E-state index >= 15 is 0 Å². The van der Waals surface area contributed by atoms with Crippen LogP contribution in [0.1, 0.15) is 5.56 Å². The summed E-state index contributed by atoms with van der Waals surface area (Å²) in [7, 11) is 0. The molecule has 0 saturated carbocycles. The van der Waals surface area contributed by atoms with Crippen molar-refractivity contribution in [3.63, 3.8) is 0 Å². The molecule has 4 heteroatoms. The molecule has 0 saturated heterocycles. The van der Waals surface area contributed by atoms with Crippen LogP contribution in [-0.4, -0.2) is 11.3 Å². The third-order valence-corrected chi connectivity index (χ3v) is 2.05. The zero-order chi connectivity index (χ0) is 8.43. The average Bonchev–Trinajstić information content (AvgIpc) is 1.99. The van der Waals surface area contributed by atoms with Crippen LogP contribution >= 0.6 is 15.9 Å². The number of halogens is 1. The van der Waals surface area contributed by atoms with Gasteiger partial charge in [0.15, 0.2) is 0 Å². The number of aromatic hydroxyl groups is 1. The Bertz CT molecular complexity index is 299. The van der Waals surface area contributed by atoms with Gasteiger partial charge in [-0.3, -0.25) is 0 Å². The summed E-state index contributed by atoms with van der Waals surface area (Å²) in [6, 6.07) is 3.12. The van der Waals surface area contributed by atoms with Crippen LogP contribution in [0.2, 0.25) is 0 Å². The monoisotopic (exact) mass is 214 g/mol. The van der Waals surface area contributed by atoms with Gasteiger partial charge in [0.1, 0.15) is 5.75 Å². The van der Waals surface area contributed by atoms with Crippen LogP contribution in [0.25, 0.3) is 0 Å². The number of phenols is 1. The molecule has 0 atom stereocenters. The molecule has 0 amide bonds. The van der Waals surface area contributed by atoms with E-state index in [0.29, 0.717) is 10.0 Å². The van der Waals surface area contributed by atoms with Gasteiger partial charge in [-0.25, -0.2) is 0 Å². The average molecular weight is 215 g/mol. The van der Waals surface area contributed by atoms with E-state index in [1.807, 2.05) is 0 Å². The van der Waals surface area contributed by atoms with Gasteiger partial charge in [0.25, 0.3) is 0 Å². The minimum Gasteiger partial charge on any atom is -0.506 e. The maximum absolute atomic E-state index is 9.11. The van der Waals surface area contributed by atoms with Gasteiger partial charge >= 0.3 is 0 Å². The van der Waals surface area contributed by atoms with Gasteiger partial charge < -0.3 is 16.2 Å². The highest BCUT2D eigenvalue weighted by Crippen LogP contribution is 2.28. The van der Waals surface area contributed by atoms with Crippen LogP contribution in [0.3, 0.4) is 0 Å². The molecule has 0 aliphatic rings. The Hall–Kier alpha value is -1.03. The molecule has 58 valence electrons. The maximum atomic E-state index is 9.11. The van der Waals surface area contributed by atoms with Crippen molar-refractivity contribution in [2.45, 2.75) is 0 Å². The quantitative estimate of drug-likeness (QED) is 0.379. The molecule has 1 rings (SSSR count). The molecule has 1 aromatic carbocycles. The summed E-state index contributed by atoms with van der Waals surface area (Å²) in [4.78, 5) is 0. The molecule has 0 aromatic heterocycles. The number of hydrogen-bond acceptors (Lipinski definition) is 3. The van der Waals surface area contributed by atoms with Crippen LogP contribution < -0.4 is 5.73 Å². The van der Waals surface area contributed by atoms with Gasteiger partial charge in [0, 0.05) is 16.3 Å². The predicted molar refractivity (Wildman–Crippen MR) is 48.1 cm³/mol. The third-order valence-electron chi connectivity index (χ3n) is 1.36. The largest absolute Gasteiger partial charge is 0.506 e. The zero-order valence-electron chi connectivity index (χ0n) is 5.63. The molecule has 0 unspecified atom stereocenters. The molecule has 0 radical (unpaired) electrons. The van der Waals surface area contributed by atoms with Gasteiger partial charge in [-0.05, 0) is 12.1 Å². The van der Waals surface area contributed by atoms with Crippen molar-refractivity contribution in [1.29, 1.82) is 5.41 Å². The highest BCUT2D eigenvalue weighted by Gasteiger charge is 2.04. The van der Waals surface area contributed by atoms with Gasteiger partial charge in [0.2, 0.25) is 0 Å². The van der Waals surface area contributed by atoms with Crippen molar-refractivity contribution in [2.24, 2.45) is 0 Å². The summed E-state index contributed by atoms with van der Waals surface area (Å²) >= 11 is 3.20. The van der Waals surface area contributed by atoms with Crippen LogP contribution in [0.15, 0.2) is 16.6 Å². The van der Waals surface area contributed by atoms with E-state index in [-0.39, 0.29) is 11.4 Å². The number of nitrogen functional groups attached to an aromatic ring is 1. The lowest BCUT2D eigenvalue weighted by atomic mass is 10.2. The van der Waals surface area contributed by atoms with Crippen molar-refractivity contribution in [2.75, 3.05) is 5.73 Å². The molecular formula is C7H7BrN2O. The summed E-state index contributed by atoms with van der Waals surface area (Å²) in [6.07, 6.45) is 1.10. The zero-order valence-corrected chi connectivity index (χ0v) is 7.22. The van der Waals surface area contributed by atoms with Crippen molar-refractivity contribution in [1.82, 2.24) is 0 Å². The van der Waals surface area contributed by atoms with Crippen molar-refractivity contribution >= 4 is 27.8 Å². The minimum atomic E-state index is 0.00620. The van der Waals surface area contributed by atoms with E-state index in [1.54, 1.807) is 6.07 Å². The molecule has 3 nitrogen and oxygen atoms in total. The third kappa shape index (κ3) is 1.35. The Balaban J connectivity index is 3.40. The van der Waals surface area contributed by atoms with Gasteiger partial charge in [-0.1, -0.05) is 15.9 Å². The second kappa shape index (κ2) is 2.92. The molecule has 1 aromatic rings. The molecule has 4 N–H and O–H groups in total. The second-order valence-corrected chi connectivity index (χ2v) is 2.89. The summed E-state index contributed by atoms with van der Waals surface area (Å²) in [6.45, 7) is 0. The Kier molecular flexibility index (Phi) is 2.14. The minimum absolute atomic E-state index is 0.00620. The predicted octanol–water partition coefficient (Wildman–Crippen LogP) is 1.73. The molecule has 0 fully saturated rings. The van der Waals surface area contributed by atoms with Crippen LogP contribution in [0.5, 0.6) is 5.75 Å². The molecule has 11 heavy (non-hydrogen) atoms. The first kappa shape index (κ1) is 8.07. The fourth-order valence-electron chi connectivity index (χ4n) is 0.745. The summed E-state index contributed by atoms with van der Waals surface area (Å²) in [5, 5.41) is 16.1. The summed E-state index contributed by atoms with van der Waals surface area (Å²) in [5.41, 5.74) is 6.20. The Labute approximate surface area is 72.5 Å². The van der Waals surface area contributed by atoms with E-state index in [9.17, 15) is 0 Å². The van der Waals surface area contributed by atoms with Crippen molar-refractivity contribution in [3.8, 4) is 5.75 Å². The first-order chi connectivity index (χ1) is 5.16. The smallest absolute Gasteiger partial charge is 0.139 e. The lowest BCUT2D eigenvalue weighted by Gasteiger charge is -2.03. The van der Waals surface area contributed by atoms with E-state index in [1.165, 1.54) is 6.07 Å². The number of nitrogens with one attached hydrogen (secondary N) is 1. The number of phenolic OH excluding ortho intramolecular Hbond substituents is 1. The SMILES string of the molecule is N=Cc1c(Br)ccc(O)c1N. The Morgan fingerprint density at radius 3 is 2.64 bits per heavy atom. The highest BCUT2D eigenvalue weighted by atomic mass is 79.9. The number of benzene rings is 1. The number of anilines is 1. The highest BCUT2D eigenvalue weighted by molar-refractivity contribution is 9.10. The van der Waals surface area contributed by atoms with Crippen LogP contribution in [0, 0.1) is 5.41 Å². The molecule has 0 spiro atoms. The number of nitrogens with two attached hydrogens (primary N) is 1. The van der Waals surface area contributed by atoms with E-state index in [2.05, 4.69) is 15.9 Å². The fraction of sp³-hybridized carbons (Fsp3) is 0. The van der Waals surface area contributed by atoms with Gasteiger partial charge in [-0.2, -0.15) is 0 Å². The van der Waals surface area contributed by atoms with Gasteiger partial charge in [0.05, 0.1) is 5.69 Å². The summed E-state index contributed by atoms with van der Waals surface area (Å²) in [5.74, 6) is 0.00620. The summed E-state index contributed by atoms with van der Waals surface area (Å²) < 4.78 is 0.711. The second-order valence-electron chi connectivity index (χ2n) is 2.04. The Morgan fingerprint density at radius 2 is 2.18 bits per heavy atom. The van der Waals surface area contributed by atoms with E-state index in [0.717, 1.165) is 6.21 Å². The molecule has 0 aliphatic heterocycles. The first-order valence-electron chi connectivity index (χ1n) is 2.94. The maximum Gasteiger partial charge on any atom is 0.139 e. The number of rotatable bonds is 1. The van der Waals surface area contributed by atoms with Crippen LogP contribution in [0.4, 0.5) is 5.69 Å². The van der Waals surface area contributed by atoms with E-state index in [4.69, 9.17) is 16.2 Å². The van der Waals surface area contributed by atoms with Gasteiger partial charge in [-0.15, -0.1) is 0 Å². The fourth-order valence-corrected chi connectivity index (χ4v) is 1.21. The molecule has 0 heterocycles. The topological polar surface area (TPSA) is 70.1 Å². The normalized spacial score (nSPS) is 9.55. The standard InChI is InChI=1S/C7H7BrN2O/c8-5-1-2-6(11)7(10)4(5)3-9/h1-3,9,11H,10H2. The molecular weight excluding hydrogens is 208 g/mol. The van der Waals surface area contributed by atoms with Crippen molar-refractivity contribution in [3.05, 3.63) is 22.2 Å². The Morgan fingerprint density at radius 1 is 1.55 bits per heavy atom. The lowest BCUT2D eigenvalue weighted by Crippen LogP contribution is -1.93. The van der Waals surface area contributed by atoms with Crippen LogP contribution in [-0.2, 0) is 0 Å². The lowest BCUT2D eigenvalue weighted by molar-refractivity contribution is 0.478. The number of hydrogen-bond donors (Lipinski definition) is 3. The molecule has 0 bridgehead atoms.